The van der Waals surface area contributed by atoms with Crippen molar-refractivity contribution in [2.75, 3.05) is 19.0 Å². The zero-order valence-corrected chi connectivity index (χ0v) is 16.3. The van der Waals surface area contributed by atoms with E-state index in [1.54, 1.807) is 19.4 Å². The predicted molar refractivity (Wildman–Crippen MR) is 110 cm³/mol. The molecule has 0 radical (unpaired) electrons. The number of rotatable bonds is 7. The summed E-state index contributed by atoms with van der Waals surface area (Å²) in [6, 6.07) is 15.4. The molecule has 0 saturated carbocycles. The van der Waals surface area contributed by atoms with Gasteiger partial charge >= 0.3 is 0 Å². The molecule has 1 amide bonds. The molecular formula is C22H24N4O2. The fraction of sp³-hybridized carbons (Fsp3) is 0.227. The van der Waals surface area contributed by atoms with Gasteiger partial charge in [0.05, 0.1) is 7.11 Å². The van der Waals surface area contributed by atoms with Gasteiger partial charge in [-0.15, -0.1) is 0 Å². The Bertz CT molecular complexity index is 972. The monoisotopic (exact) mass is 376 g/mol. The number of carbonyl (C=O) groups is 1. The first kappa shape index (κ1) is 19.4. The second-order valence-electron chi connectivity index (χ2n) is 6.46. The first-order valence-corrected chi connectivity index (χ1v) is 9.15. The van der Waals surface area contributed by atoms with Crippen LogP contribution in [0.5, 0.6) is 5.75 Å². The number of ether oxygens (including phenoxy) is 1. The number of hydrogen-bond donors (Lipinski definition) is 2. The minimum Gasteiger partial charge on any atom is -0.496 e. The molecule has 1 heterocycles. The Hall–Kier alpha value is -3.41. The van der Waals surface area contributed by atoms with Crippen molar-refractivity contribution in [1.82, 2.24) is 15.3 Å². The highest BCUT2D eigenvalue weighted by molar-refractivity contribution is 5.92. The lowest BCUT2D eigenvalue weighted by atomic mass is 10.1. The van der Waals surface area contributed by atoms with Crippen molar-refractivity contribution >= 4 is 17.5 Å². The van der Waals surface area contributed by atoms with E-state index >= 15 is 0 Å². The first-order chi connectivity index (χ1) is 13.6. The summed E-state index contributed by atoms with van der Waals surface area (Å²) >= 11 is 0. The fourth-order valence-corrected chi connectivity index (χ4v) is 2.86. The summed E-state index contributed by atoms with van der Waals surface area (Å²) in [6.07, 6.45) is 2.25. The van der Waals surface area contributed by atoms with Gasteiger partial charge in [-0.25, -0.2) is 9.97 Å². The van der Waals surface area contributed by atoms with Gasteiger partial charge in [-0.2, -0.15) is 0 Å². The lowest BCUT2D eigenvalue weighted by molar-refractivity contribution is 0.0949. The van der Waals surface area contributed by atoms with Crippen molar-refractivity contribution in [3.05, 3.63) is 77.1 Å². The molecule has 0 unspecified atom stereocenters. The molecule has 2 aromatic carbocycles. The molecule has 0 atom stereocenters. The van der Waals surface area contributed by atoms with Crippen molar-refractivity contribution < 1.29 is 9.53 Å². The Labute approximate surface area is 165 Å². The van der Waals surface area contributed by atoms with E-state index in [-0.39, 0.29) is 5.91 Å². The third-order valence-electron chi connectivity index (χ3n) is 4.61. The molecule has 0 spiro atoms. The number of methoxy groups -OCH3 is 1. The minimum absolute atomic E-state index is 0.235. The van der Waals surface area contributed by atoms with Gasteiger partial charge in [-0.1, -0.05) is 30.3 Å². The summed E-state index contributed by atoms with van der Waals surface area (Å²) in [6.45, 7) is 4.57. The van der Waals surface area contributed by atoms with E-state index in [2.05, 4.69) is 20.6 Å². The van der Waals surface area contributed by atoms with Crippen LogP contribution in [-0.2, 0) is 6.42 Å². The van der Waals surface area contributed by atoms with Crippen LogP contribution in [0.1, 0.15) is 27.2 Å². The molecule has 6 heteroatoms. The summed E-state index contributed by atoms with van der Waals surface area (Å²) in [7, 11) is 1.64. The Kier molecular flexibility index (Phi) is 6.22. The smallest absolute Gasteiger partial charge is 0.270 e. The number of benzene rings is 2. The van der Waals surface area contributed by atoms with E-state index in [0.717, 1.165) is 22.6 Å². The molecule has 1 aromatic heterocycles. The summed E-state index contributed by atoms with van der Waals surface area (Å²) in [5.74, 6) is 0.978. The molecule has 144 valence electrons. The third-order valence-corrected chi connectivity index (χ3v) is 4.61. The molecule has 0 fully saturated rings. The van der Waals surface area contributed by atoms with Crippen LogP contribution in [0.25, 0.3) is 0 Å². The van der Waals surface area contributed by atoms with Gasteiger partial charge in [0.25, 0.3) is 5.91 Å². The summed E-state index contributed by atoms with van der Waals surface area (Å²) < 4.78 is 5.34. The maximum absolute atomic E-state index is 12.5. The quantitative estimate of drug-likeness (QED) is 0.656. The molecule has 0 aliphatic heterocycles. The molecule has 3 rings (SSSR count). The molecular weight excluding hydrogens is 352 g/mol. The second-order valence-corrected chi connectivity index (χ2v) is 6.46. The molecule has 0 aliphatic carbocycles. The topological polar surface area (TPSA) is 76.1 Å². The van der Waals surface area contributed by atoms with Gasteiger partial charge in [0.15, 0.2) is 0 Å². The average Bonchev–Trinajstić information content (AvgIpc) is 2.72. The number of nitrogens with zero attached hydrogens (tertiary/aromatic N) is 2. The zero-order chi connectivity index (χ0) is 19.9. The lowest BCUT2D eigenvalue weighted by Gasteiger charge is -2.11. The number of para-hydroxylation sites is 1. The lowest BCUT2D eigenvalue weighted by Crippen LogP contribution is -2.27. The number of aromatic nitrogens is 2. The van der Waals surface area contributed by atoms with Crippen LogP contribution < -0.4 is 15.4 Å². The molecule has 0 saturated heterocycles. The highest BCUT2D eigenvalue weighted by Crippen LogP contribution is 2.21. The van der Waals surface area contributed by atoms with Crippen LogP contribution in [0.4, 0.5) is 11.6 Å². The average molecular weight is 376 g/mol. The third kappa shape index (κ3) is 4.65. The number of aryl methyl sites for hydroxylation is 1. The Balaban J connectivity index is 1.63. The van der Waals surface area contributed by atoms with Crippen molar-refractivity contribution in [3.8, 4) is 5.75 Å². The maximum Gasteiger partial charge on any atom is 0.270 e. The van der Waals surface area contributed by atoms with Gasteiger partial charge in [-0.3, -0.25) is 4.79 Å². The Morgan fingerprint density at radius 3 is 2.71 bits per heavy atom. The van der Waals surface area contributed by atoms with Crippen molar-refractivity contribution in [3.63, 3.8) is 0 Å². The van der Waals surface area contributed by atoms with Crippen LogP contribution in [0.3, 0.4) is 0 Å². The van der Waals surface area contributed by atoms with Crippen LogP contribution in [0.15, 0.2) is 54.7 Å². The fourth-order valence-electron chi connectivity index (χ4n) is 2.86. The van der Waals surface area contributed by atoms with Gasteiger partial charge < -0.3 is 15.4 Å². The van der Waals surface area contributed by atoms with E-state index in [1.165, 1.54) is 5.56 Å². The predicted octanol–water partition coefficient (Wildman–Crippen LogP) is 3.82. The summed E-state index contributed by atoms with van der Waals surface area (Å²) in [5.41, 5.74) is 4.59. The van der Waals surface area contributed by atoms with Gasteiger partial charge in [0.2, 0.25) is 5.95 Å². The normalized spacial score (nSPS) is 10.4. The molecule has 3 aromatic rings. The van der Waals surface area contributed by atoms with Gasteiger partial charge in [-0.05, 0) is 55.2 Å². The summed E-state index contributed by atoms with van der Waals surface area (Å²) in [4.78, 5) is 21.0. The van der Waals surface area contributed by atoms with Crippen LogP contribution in [0, 0.1) is 13.8 Å². The van der Waals surface area contributed by atoms with Crippen molar-refractivity contribution in [2.45, 2.75) is 20.3 Å². The van der Waals surface area contributed by atoms with Crippen molar-refractivity contribution in [1.29, 1.82) is 0 Å². The standard InChI is InChI=1S/C22H24N4O2/c1-15-7-6-9-18(16(15)2)25-22-24-14-12-19(26-22)21(27)23-13-11-17-8-4-5-10-20(17)28-3/h4-10,12,14H,11,13H2,1-3H3,(H,23,27)(H,24,25,26). The van der Waals surface area contributed by atoms with Gasteiger partial charge in [0.1, 0.15) is 11.4 Å². The number of anilines is 2. The number of hydrogen-bond acceptors (Lipinski definition) is 5. The summed E-state index contributed by atoms with van der Waals surface area (Å²) in [5, 5.41) is 6.08. The molecule has 28 heavy (non-hydrogen) atoms. The number of amides is 1. The highest BCUT2D eigenvalue weighted by Gasteiger charge is 2.10. The van der Waals surface area contributed by atoms with E-state index in [4.69, 9.17) is 4.74 Å². The zero-order valence-electron chi connectivity index (χ0n) is 16.3. The van der Waals surface area contributed by atoms with Crippen LogP contribution in [0.2, 0.25) is 0 Å². The largest absolute Gasteiger partial charge is 0.496 e. The van der Waals surface area contributed by atoms with Crippen molar-refractivity contribution in [2.24, 2.45) is 0 Å². The van der Waals surface area contributed by atoms with Crippen LogP contribution >= 0.6 is 0 Å². The number of carbonyl (C=O) groups excluding carboxylic acids is 1. The molecule has 0 bridgehead atoms. The Morgan fingerprint density at radius 1 is 1.07 bits per heavy atom. The Morgan fingerprint density at radius 2 is 1.89 bits per heavy atom. The first-order valence-electron chi connectivity index (χ1n) is 9.15. The second kappa shape index (κ2) is 8.99. The molecule has 2 N–H and O–H groups in total. The van der Waals surface area contributed by atoms with E-state index in [0.29, 0.717) is 24.6 Å². The minimum atomic E-state index is -0.235. The number of nitrogens with one attached hydrogen (secondary N) is 2. The van der Waals surface area contributed by atoms with Gasteiger partial charge in [0, 0.05) is 18.4 Å². The van der Waals surface area contributed by atoms with E-state index in [9.17, 15) is 4.79 Å². The SMILES string of the molecule is COc1ccccc1CCNC(=O)c1ccnc(Nc2cccc(C)c2C)n1. The van der Waals surface area contributed by atoms with Crippen LogP contribution in [-0.4, -0.2) is 29.5 Å². The molecule has 0 aliphatic rings. The highest BCUT2D eigenvalue weighted by atomic mass is 16.5. The molecule has 6 nitrogen and oxygen atoms in total. The van der Waals surface area contributed by atoms with E-state index in [1.807, 2.05) is 56.3 Å². The van der Waals surface area contributed by atoms with E-state index < -0.39 is 0 Å². The maximum atomic E-state index is 12.5.